The standard InChI is InChI=1S/C42H43N5O6/c1-26-18-20-28(21-19-26)23-43-38(48)27(2)45-46-39(49)36(22-29-24-47(41(51)53-42(3,4)5)37-17-11-10-12-30(29)37)44-40(50)52-25-35-33-15-8-6-13-31(33)32-14-7-9-16-34(32)35/h6-21,24,35-36H,22-23,25H2,1-5H3,(H,43,48)(H,44,50)(H,46,49)/b45-27-/t36-/m0/s1. The molecular weight excluding hydrogens is 670 g/mol. The summed E-state index contributed by atoms with van der Waals surface area (Å²) in [6.07, 6.45) is 0.188. The molecule has 1 atom stereocenters. The number of aromatic nitrogens is 1. The van der Waals surface area contributed by atoms with Gasteiger partial charge in [0.15, 0.2) is 0 Å². The van der Waals surface area contributed by atoms with E-state index in [1.807, 2.05) is 91.9 Å². The number of rotatable bonds is 10. The lowest BCUT2D eigenvalue weighted by Crippen LogP contribution is -2.47. The van der Waals surface area contributed by atoms with E-state index in [-0.39, 0.29) is 31.2 Å². The summed E-state index contributed by atoms with van der Waals surface area (Å²) in [7, 11) is 0. The van der Waals surface area contributed by atoms with Crippen molar-refractivity contribution in [1.82, 2.24) is 20.6 Å². The fourth-order valence-corrected chi connectivity index (χ4v) is 6.37. The molecule has 0 saturated carbocycles. The van der Waals surface area contributed by atoms with E-state index in [4.69, 9.17) is 9.47 Å². The molecule has 11 heteroatoms. The lowest BCUT2D eigenvalue weighted by atomic mass is 9.98. The van der Waals surface area contributed by atoms with E-state index in [1.54, 1.807) is 39.1 Å². The molecule has 11 nitrogen and oxygen atoms in total. The quantitative estimate of drug-likeness (QED) is 0.105. The second kappa shape index (κ2) is 15.6. The van der Waals surface area contributed by atoms with Crippen molar-refractivity contribution in [2.75, 3.05) is 6.61 Å². The number of ether oxygens (including phenoxy) is 2. The molecule has 0 aliphatic heterocycles. The number of benzene rings is 4. The molecule has 6 rings (SSSR count). The number of nitrogens with one attached hydrogen (secondary N) is 3. The highest BCUT2D eigenvalue weighted by Crippen LogP contribution is 2.44. The zero-order valence-corrected chi connectivity index (χ0v) is 30.4. The van der Waals surface area contributed by atoms with Crippen LogP contribution in [0, 0.1) is 6.92 Å². The number of carbonyl (C=O) groups is 4. The average molecular weight is 714 g/mol. The van der Waals surface area contributed by atoms with Crippen molar-refractivity contribution in [2.45, 2.75) is 65.1 Å². The summed E-state index contributed by atoms with van der Waals surface area (Å²) in [5.74, 6) is -1.33. The number of aryl methyl sites for hydroxylation is 1. The first-order valence-corrected chi connectivity index (χ1v) is 17.5. The maximum Gasteiger partial charge on any atom is 0.419 e. The van der Waals surface area contributed by atoms with Crippen molar-refractivity contribution in [2.24, 2.45) is 5.10 Å². The van der Waals surface area contributed by atoms with Crippen molar-refractivity contribution in [3.8, 4) is 11.1 Å². The molecule has 272 valence electrons. The zero-order valence-electron chi connectivity index (χ0n) is 30.4. The molecule has 1 aliphatic carbocycles. The summed E-state index contributed by atoms with van der Waals surface area (Å²) in [4.78, 5) is 53.2. The number of nitrogens with zero attached hydrogens (tertiary/aromatic N) is 2. The average Bonchev–Trinajstić information content (AvgIpc) is 3.67. The van der Waals surface area contributed by atoms with Crippen LogP contribution in [0.25, 0.3) is 22.0 Å². The highest BCUT2D eigenvalue weighted by molar-refractivity contribution is 6.37. The van der Waals surface area contributed by atoms with Gasteiger partial charge in [0.25, 0.3) is 11.8 Å². The molecule has 53 heavy (non-hydrogen) atoms. The van der Waals surface area contributed by atoms with Crippen LogP contribution in [-0.2, 0) is 32.0 Å². The number of alkyl carbamates (subject to hydrolysis) is 1. The van der Waals surface area contributed by atoms with E-state index in [9.17, 15) is 19.2 Å². The molecule has 0 fully saturated rings. The fraction of sp³-hybridized carbons (Fsp3) is 0.262. The number of amides is 3. The van der Waals surface area contributed by atoms with Crippen LogP contribution in [0.2, 0.25) is 0 Å². The molecule has 0 radical (unpaired) electrons. The minimum Gasteiger partial charge on any atom is -0.449 e. The first-order valence-electron chi connectivity index (χ1n) is 17.5. The second-order valence-electron chi connectivity index (χ2n) is 14.1. The lowest BCUT2D eigenvalue weighted by Gasteiger charge is -2.20. The fourth-order valence-electron chi connectivity index (χ4n) is 6.37. The Labute approximate surface area is 308 Å². The Bertz CT molecular complexity index is 2150. The highest BCUT2D eigenvalue weighted by atomic mass is 16.6. The van der Waals surface area contributed by atoms with Crippen LogP contribution >= 0.6 is 0 Å². The topological polar surface area (TPSA) is 140 Å². The van der Waals surface area contributed by atoms with E-state index in [1.165, 1.54) is 11.5 Å². The largest absolute Gasteiger partial charge is 0.449 e. The van der Waals surface area contributed by atoms with Gasteiger partial charge in [-0.3, -0.25) is 14.2 Å². The number of hydrazone groups is 1. The van der Waals surface area contributed by atoms with Gasteiger partial charge in [-0.05, 0) is 74.1 Å². The van der Waals surface area contributed by atoms with Crippen molar-refractivity contribution in [3.63, 3.8) is 0 Å². The molecule has 1 aromatic heterocycles. The summed E-state index contributed by atoms with van der Waals surface area (Å²) < 4.78 is 12.8. The predicted molar refractivity (Wildman–Crippen MR) is 204 cm³/mol. The van der Waals surface area contributed by atoms with Gasteiger partial charge in [-0.25, -0.2) is 15.0 Å². The Morgan fingerprint density at radius 1 is 0.849 bits per heavy atom. The number of hydrogen-bond donors (Lipinski definition) is 3. The van der Waals surface area contributed by atoms with E-state index in [2.05, 4.69) is 21.2 Å². The third kappa shape index (κ3) is 8.64. The van der Waals surface area contributed by atoms with Crippen LogP contribution in [-0.4, -0.2) is 52.5 Å². The van der Waals surface area contributed by atoms with Gasteiger partial charge in [-0.15, -0.1) is 0 Å². The van der Waals surface area contributed by atoms with E-state index in [0.29, 0.717) is 16.5 Å². The van der Waals surface area contributed by atoms with Crippen LogP contribution < -0.4 is 16.1 Å². The maximum atomic E-state index is 13.8. The molecule has 3 N–H and O–H groups in total. The lowest BCUT2D eigenvalue weighted by molar-refractivity contribution is -0.123. The third-order valence-electron chi connectivity index (χ3n) is 9.00. The molecule has 0 spiro atoms. The second-order valence-corrected chi connectivity index (χ2v) is 14.1. The molecule has 1 heterocycles. The number of carbonyl (C=O) groups excluding carboxylic acids is 4. The van der Waals surface area contributed by atoms with Gasteiger partial charge in [0.1, 0.15) is 24.0 Å². The Kier molecular flexibility index (Phi) is 10.7. The van der Waals surface area contributed by atoms with E-state index < -0.39 is 35.6 Å². The summed E-state index contributed by atoms with van der Waals surface area (Å²) in [5, 5.41) is 10.3. The first kappa shape index (κ1) is 36.6. The maximum absolute atomic E-state index is 13.8. The SMILES string of the molecule is C/C(=N/NC(=O)[C@H](Cc1cn(C(=O)OC(C)(C)C)c2ccccc12)NC(=O)OCC1c2ccccc2-c2ccccc21)C(=O)NCc1ccc(C)cc1. The summed E-state index contributed by atoms with van der Waals surface area (Å²) in [5.41, 5.74) is 9.21. The normalized spacial score (nSPS) is 13.1. The van der Waals surface area contributed by atoms with Crippen molar-refractivity contribution in [1.29, 1.82) is 0 Å². The van der Waals surface area contributed by atoms with Crippen LogP contribution in [0.3, 0.4) is 0 Å². The van der Waals surface area contributed by atoms with Gasteiger partial charge >= 0.3 is 12.2 Å². The Balaban J connectivity index is 1.21. The molecule has 3 amide bonds. The van der Waals surface area contributed by atoms with Crippen molar-refractivity contribution < 1.29 is 28.7 Å². The smallest absolute Gasteiger partial charge is 0.419 e. The predicted octanol–water partition coefficient (Wildman–Crippen LogP) is 6.99. The van der Waals surface area contributed by atoms with Gasteiger partial charge in [0.2, 0.25) is 0 Å². The van der Waals surface area contributed by atoms with E-state index in [0.717, 1.165) is 33.4 Å². The molecule has 0 bridgehead atoms. The Morgan fingerprint density at radius 2 is 1.47 bits per heavy atom. The molecule has 0 saturated heterocycles. The van der Waals surface area contributed by atoms with Gasteiger partial charge in [-0.1, -0.05) is 96.6 Å². The monoisotopic (exact) mass is 713 g/mol. The van der Waals surface area contributed by atoms with E-state index >= 15 is 0 Å². The molecule has 0 unspecified atom stereocenters. The third-order valence-corrected chi connectivity index (χ3v) is 9.00. The first-order chi connectivity index (χ1) is 25.4. The van der Waals surface area contributed by atoms with Gasteiger partial charge in [0, 0.05) is 30.5 Å². The van der Waals surface area contributed by atoms with Crippen LogP contribution in [0.4, 0.5) is 9.59 Å². The molecular formula is C42H43N5O6. The molecule has 4 aromatic carbocycles. The molecule has 5 aromatic rings. The van der Waals surface area contributed by atoms with Gasteiger partial charge in [0.05, 0.1) is 5.52 Å². The number of para-hydroxylation sites is 1. The highest BCUT2D eigenvalue weighted by Gasteiger charge is 2.31. The zero-order chi connectivity index (χ0) is 37.7. The van der Waals surface area contributed by atoms with Crippen LogP contribution in [0.15, 0.2) is 108 Å². The summed E-state index contributed by atoms with van der Waals surface area (Å²) in [6, 6.07) is 29.8. The van der Waals surface area contributed by atoms with Crippen LogP contribution in [0.5, 0.6) is 0 Å². The number of fused-ring (bicyclic) bond motifs is 4. The molecule has 1 aliphatic rings. The Morgan fingerprint density at radius 3 is 2.13 bits per heavy atom. The number of hydrogen-bond acceptors (Lipinski definition) is 7. The summed E-state index contributed by atoms with van der Waals surface area (Å²) >= 11 is 0. The summed E-state index contributed by atoms with van der Waals surface area (Å²) in [6.45, 7) is 9.13. The minimum atomic E-state index is -1.20. The Hall–Kier alpha value is -6.23. The van der Waals surface area contributed by atoms with Crippen molar-refractivity contribution in [3.05, 3.63) is 131 Å². The minimum absolute atomic E-state index is 0.0203. The van der Waals surface area contributed by atoms with Crippen LogP contribution in [0.1, 0.15) is 61.4 Å². The van der Waals surface area contributed by atoms with Gasteiger partial charge in [-0.2, -0.15) is 5.10 Å². The van der Waals surface area contributed by atoms with Crippen molar-refractivity contribution >= 4 is 40.6 Å². The van der Waals surface area contributed by atoms with Gasteiger partial charge < -0.3 is 20.1 Å².